The standard InChI is InChI=1S/C21H22ClFN2O4/c1-3-29-19-12-14(4-7-18(19)28-2)20(26)24-8-10-25(11-9-24)21(27)16-6-5-15(23)13-17(16)22/h4-7,12-13H,3,8-11H2,1-2H3. The number of carbonyl (C=O) groups is 2. The minimum atomic E-state index is -0.493. The van der Waals surface area contributed by atoms with Crippen molar-refractivity contribution in [1.82, 2.24) is 9.80 Å². The fourth-order valence-corrected chi connectivity index (χ4v) is 3.45. The number of rotatable bonds is 5. The second kappa shape index (κ2) is 9.13. The van der Waals surface area contributed by atoms with Gasteiger partial charge in [-0.2, -0.15) is 0 Å². The Bertz CT molecular complexity index is 914. The average molecular weight is 421 g/mol. The van der Waals surface area contributed by atoms with E-state index < -0.39 is 5.82 Å². The summed E-state index contributed by atoms with van der Waals surface area (Å²) in [6.07, 6.45) is 0. The summed E-state index contributed by atoms with van der Waals surface area (Å²) in [5, 5.41) is 0.0789. The van der Waals surface area contributed by atoms with E-state index in [1.54, 1.807) is 35.1 Å². The second-order valence-corrected chi connectivity index (χ2v) is 6.91. The lowest BCUT2D eigenvalue weighted by Crippen LogP contribution is -2.50. The van der Waals surface area contributed by atoms with Crippen LogP contribution in [-0.4, -0.2) is 61.5 Å². The van der Waals surface area contributed by atoms with Crippen molar-refractivity contribution >= 4 is 23.4 Å². The number of hydrogen-bond acceptors (Lipinski definition) is 4. The summed E-state index contributed by atoms with van der Waals surface area (Å²) in [6.45, 7) is 3.83. The van der Waals surface area contributed by atoms with Crippen LogP contribution in [0.4, 0.5) is 4.39 Å². The zero-order valence-corrected chi connectivity index (χ0v) is 17.0. The molecule has 0 radical (unpaired) electrons. The van der Waals surface area contributed by atoms with Gasteiger partial charge in [0.05, 0.1) is 24.3 Å². The molecule has 0 spiro atoms. The SMILES string of the molecule is CCOc1cc(C(=O)N2CCN(C(=O)c3ccc(F)cc3Cl)CC2)ccc1OC. The zero-order chi connectivity index (χ0) is 21.0. The molecule has 1 aliphatic heterocycles. The molecule has 0 aromatic heterocycles. The molecule has 0 N–H and O–H groups in total. The molecule has 2 aromatic carbocycles. The van der Waals surface area contributed by atoms with Gasteiger partial charge in [-0.15, -0.1) is 0 Å². The van der Waals surface area contributed by atoms with Crippen LogP contribution in [0.5, 0.6) is 11.5 Å². The van der Waals surface area contributed by atoms with Crippen molar-refractivity contribution in [2.45, 2.75) is 6.92 Å². The number of ether oxygens (including phenoxy) is 2. The Balaban J connectivity index is 1.66. The maximum atomic E-state index is 13.2. The van der Waals surface area contributed by atoms with Gasteiger partial charge in [-0.25, -0.2) is 4.39 Å². The van der Waals surface area contributed by atoms with Crippen LogP contribution >= 0.6 is 11.6 Å². The summed E-state index contributed by atoms with van der Waals surface area (Å²) in [6, 6.07) is 8.77. The maximum absolute atomic E-state index is 13.2. The highest BCUT2D eigenvalue weighted by atomic mass is 35.5. The highest BCUT2D eigenvalue weighted by molar-refractivity contribution is 6.33. The van der Waals surface area contributed by atoms with Crippen LogP contribution < -0.4 is 9.47 Å². The number of halogens is 2. The summed E-state index contributed by atoms with van der Waals surface area (Å²) >= 11 is 5.99. The molecule has 0 unspecified atom stereocenters. The fourth-order valence-electron chi connectivity index (χ4n) is 3.21. The van der Waals surface area contributed by atoms with Crippen LogP contribution in [0.25, 0.3) is 0 Å². The lowest BCUT2D eigenvalue weighted by atomic mass is 10.1. The molecule has 29 heavy (non-hydrogen) atoms. The predicted octanol–water partition coefficient (Wildman–Crippen LogP) is 3.48. The van der Waals surface area contributed by atoms with Gasteiger partial charge in [0.2, 0.25) is 0 Å². The molecule has 1 aliphatic rings. The minimum absolute atomic E-state index is 0.0789. The van der Waals surface area contributed by atoms with Crippen molar-refractivity contribution in [2.24, 2.45) is 0 Å². The molecule has 8 heteroatoms. The molecule has 1 heterocycles. The van der Waals surface area contributed by atoms with Crippen molar-refractivity contribution in [3.63, 3.8) is 0 Å². The van der Waals surface area contributed by atoms with Crippen molar-refractivity contribution in [3.8, 4) is 11.5 Å². The Morgan fingerprint density at radius 1 is 1.00 bits per heavy atom. The Hall–Kier alpha value is -2.80. The van der Waals surface area contributed by atoms with Crippen LogP contribution in [0.3, 0.4) is 0 Å². The van der Waals surface area contributed by atoms with Crippen LogP contribution in [0, 0.1) is 5.82 Å². The molecular formula is C21H22ClFN2O4. The quantitative estimate of drug-likeness (QED) is 0.743. The van der Waals surface area contributed by atoms with Crippen LogP contribution in [0.15, 0.2) is 36.4 Å². The van der Waals surface area contributed by atoms with Gasteiger partial charge in [-0.05, 0) is 43.3 Å². The predicted molar refractivity (Wildman–Crippen MR) is 107 cm³/mol. The van der Waals surface area contributed by atoms with Gasteiger partial charge in [-0.1, -0.05) is 11.6 Å². The molecule has 0 atom stereocenters. The lowest BCUT2D eigenvalue weighted by Gasteiger charge is -2.35. The van der Waals surface area contributed by atoms with E-state index >= 15 is 0 Å². The highest BCUT2D eigenvalue weighted by Gasteiger charge is 2.27. The lowest BCUT2D eigenvalue weighted by molar-refractivity contribution is 0.0535. The third-order valence-corrected chi connectivity index (χ3v) is 5.04. The van der Waals surface area contributed by atoms with Gasteiger partial charge in [0.25, 0.3) is 11.8 Å². The molecule has 6 nitrogen and oxygen atoms in total. The molecule has 1 fully saturated rings. The Morgan fingerprint density at radius 3 is 2.24 bits per heavy atom. The van der Waals surface area contributed by atoms with Crippen LogP contribution in [0.2, 0.25) is 5.02 Å². The number of methoxy groups -OCH3 is 1. The molecule has 0 bridgehead atoms. The van der Waals surface area contributed by atoms with Gasteiger partial charge >= 0.3 is 0 Å². The summed E-state index contributed by atoms with van der Waals surface area (Å²) in [7, 11) is 1.54. The Morgan fingerprint density at radius 2 is 1.66 bits per heavy atom. The molecule has 2 amide bonds. The van der Waals surface area contributed by atoms with Crippen molar-refractivity contribution in [1.29, 1.82) is 0 Å². The van der Waals surface area contributed by atoms with Crippen molar-refractivity contribution in [3.05, 3.63) is 58.4 Å². The molecule has 154 valence electrons. The van der Waals surface area contributed by atoms with Gasteiger partial charge in [-0.3, -0.25) is 9.59 Å². The smallest absolute Gasteiger partial charge is 0.255 e. The van der Waals surface area contributed by atoms with E-state index in [0.717, 1.165) is 6.07 Å². The Labute approximate surface area is 173 Å². The third kappa shape index (κ3) is 4.62. The summed E-state index contributed by atoms with van der Waals surface area (Å²) in [5.41, 5.74) is 0.750. The normalized spacial score (nSPS) is 13.9. The summed E-state index contributed by atoms with van der Waals surface area (Å²) < 4.78 is 24.0. The first-order valence-electron chi connectivity index (χ1n) is 9.29. The van der Waals surface area contributed by atoms with Crippen molar-refractivity contribution in [2.75, 3.05) is 39.9 Å². The molecule has 0 aliphatic carbocycles. The first-order chi connectivity index (χ1) is 13.9. The highest BCUT2D eigenvalue weighted by Crippen LogP contribution is 2.29. The third-order valence-electron chi connectivity index (χ3n) is 4.73. The van der Waals surface area contributed by atoms with E-state index in [9.17, 15) is 14.0 Å². The molecule has 1 saturated heterocycles. The molecular weight excluding hydrogens is 399 g/mol. The van der Waals surface area contributed by atoms with Crippen LogP contribution in [0.1, 0.15) is 27.6 Å². The molecule has 2 aromatic rings. The average Bonchev–Trinajstić information content (AvgIpc) is 2.73. The van der Waals surface area contributed by atoms with Gasteiger partial charge in [0.1, 0.15) is 5.82 Å². The minimum Gasteiger partial charge on any atom is -0.493 e. The van der Waals surface area contributed by atoms with Crippen molar-refractivity contribution < 1.29 is 23.5 Å². The van der Waals surface area contributed by atoms with Gasteiger partial charge in [0.15, 0.2) is 11.5 Å². The summed E-state index contributed by atoms with van der Waals surface area (Å²) in [4.78, 5) is 28.8. The first-order valence-corrected chi connectivity index (χ1v) is 9.66. The summed E-state index contributed by atoms with van der Waals surface area (Å²) in [5.74, 6) is 0.175. The first kappa shape index (κ1) is 20.9. The number of carbonyl (C=O) groups excluding carboxylic acids is 2. The number of nitrogens with zero attached hydrogens (tertiary/aromatic N) is 2. The number of benzene rings is 2. The maximum Gasteiger partial charge on any atom is 0.255 e. The van der Waals surface area contributed by atoms with E-state index in [2.05, 4.69) is 0 Å². The van der Waals surface area contributed by atoms with E-state index in [0.29, 0.717) is 49.8 Å². The van der Waals surface area contributed by atoms with E-state index in [4.69, 9.17) is 21.1 Å². The van der Waals surface area contributed by atoms with Crippen LogP contribution in [-0.2, 0) is 0 Å². The van der Waals surface area contributed by atoms with E-state index in [1.165, 1.54) is 12.1 Å². The topological polar surface area (TPSA) is 59.1 Å². The van der Waals surface area contributed by atoms with Gasteiger partial charge in [0, 0.05) is 31.7 Å². The molecule has 0 saturated carbocycles. The van der Waals surface area contributed by atoms with Gasteiger partial charge < -0.3 is 19.3 Å². The fraction of sp³-hybridized carbons (Fsp3) is 0.333. The number of hydrogen-bond donors (Lipinski definition) is 0. The largest absolute Gasteiger partial charge is 0.493 e. The second-order valence-electron chi connectivity index (χ2n) is 6.51. The number of piperazine rings is 1. The van der Waals surface area contributed by atoms with E-state index in [-0.39, 0.29) is 22.4 Å². The Kier molecular flexibility index (Phi) is 6.59. The molecule has 3 rings (SSSR count). The number of amides is 2. The van der Waals surface area contributed by atoms with E-state index in [1.807, 2.05) is 6.92 Å². The zero-order valence-electron chi connectivity index (χ0n) is 16.3. The monoisotopic (exact) mass is 420 g/mol.